The van der Waals surface area contributed by atoms with Crippen LogP contribution in [-0.2, 0) is 0 Å². The summed E-state index contributed by atoms with van der Waals surface area (Å²) in [5, 5.41) is 6.71. The van der Waals surface area contributed by atoms with Gasteiger partial charge in [0.2, 0.25) is 0 Å². The van der Waals surface area contributed by atoms with Crippen LogP contribution in [0.2, 0.25) is 0 Å². The lowest BCUT2D eigenvalue weighted by atomic mass is 9.88. The second-order valence-corrected chi connectivity index (χ2v) is 23.3. The molecule has 0 aliphatic carbocycles. The molecule has 0 spiro atoms. The third-order valence-electron chi connectivity index (χ3n) is 13.7. The first-order valence-electron chi connectivity index (χ1n) is 25.1. The van der Waals surface area contributed by atoms with E-state index in [1.807, 2.05) is 0 Å². The van der Waals surface area contributed by atoms with Crippen molar-refractivity contribution in [2.24, 2.45) is 23.7 Å². The summed E-state index contributed by atoms with van der Waals surface area (Å²) in [5.74, 6) is 5.25. The molecule has 0 radical (unpaired) electrons. The maximum atomic E-state index is 7.35. The third-order valence-corrected chi connectivity index (χ3v) is 17.0. The Morgan fingerprint density at radius 3 is 0.875 bits per heavy atom. The molecule has 2 heterocycles. The lowest BCUT2D eigenvalue weighted by Crippen LogP contribution is -2.16. The van der Waals surface area contributed by atoms with Crippen LogP contribution in [0.1, 0.15) is 158 Å². The van der Waals surface area contributed by atoms with Gasteiger partial charge in [0.05, 0.1) is 34.0 Å². The standard InChI is InChI=1S/C56H76Br2O4S2/c1-9-17-21-37(13-5)33-59-53-43-29-41(47-25-27-49(57)63-47)31-45-51(43)52-44(54(53)60-34-38(14-6)22-18-10-2)30-42(48-26-28-50(58)64-48)32-46(52)56(62-36-40(16-8)24-20-12-4)55(45)61-35-39(15-7)23-19-11-3/h25-32,37-40H,9-24,33-36H2,1-8H3. The van der Waals surface area contributed by atoms with Crippen LogP contribution >= 0.6 is 54.5 Å². The zero-order chi connectivity index (χ0) is 45.6. The molecule has 0 bridgehead atoms. The molecule has 0 aliphatic heterocycles. The molecule has 0 aliphatic rings. The number of unbranched alkanes of at least 4 members (excludes halogenated alkanes) is 4. The van der Waals surface area contributed by atoms with Gasteiger partial charge >= 0.3 is 0 Å². The second-order valence-electron chi connectivity index (χ2n) is 18.3. The molecular weight excluding hydrogens is 961 g/mol. The van der Waals surface area contributed by atoms with Crippen molar-refractivity contribution in [3.05, 3.63) is 56.1 Å². The van der Waals surface area contributed by atoms with E-state index in [0.29, 0.717) is 50.1 Å². The molecule has 0 saturated heterocycles. The van der Waals surface area contributed by atoms with Crippen molar-refractivity contribution in [2.75, 3.05) is 26.4 Å². The Kier molecular flexibility index (Phi) is 20.3. The highest BCUT2D eigenvalue weighted by molar-refractivity contribution is 9.11. The van der Waals surface area contributed by atoms with Crippen molar-refractivity contribution in [1.82, 2.24) is 0 Å². The molecule has 2 aromatic heterocycles. The molecule has 4 unspecified atom stereocenters. The van der Waals surface area contributed by atoms with Gasteiger partial charge in [0.25, 0.3) is 0 Å². The highest BCUT2D eigenvalue weighted by Gasteiger charge is 2.30. The van der Waals surface area contributed by atoms with E-state index in [2.05, 4.69) is 136 Å². The number of hydrogen-bond acceptors (Lipinski definition) is 6. The summed E-state index contributed by atoms with van der Waals surface area (Å²) in [7, 11) is 0. The van der Waals surface area contributed by atoms with E-state index in [0.717, 1.165) is 115 Å². The van der Waals surface area contributed by atoms with E-state index in [1.165, 1.54) is 71.9 Å². The van der Waals surface area contributed by atoms with Gasteiger partial charge in [-0.15, -0.1) is 22.7 Å². The molecule has 4 atom stereocenters. The van der Waals surface area contributed by atoms with Crippen LogP contribution in [0.25, 0.3) is 53.2 Å². The van der Waals surface area contributed by atoms with Gasteiger partial charge < -0.3 is 18.9 Å². The highest BCUT2D eigenvalue weighted by atomic mass is 79.9. The Hall–Kier alpha value is -2.52. The van der Waals surface area contributed by atoms with Crippen LogP contribution in [0.4, 0.5) is 0 Å². The first-order valence-corrected chi connectivity index (χ1v) is 28.3. The van der Waals surface area contributed by atoms with Crippen LogP contribution in [-0.4, -0.2) is 26.4 Å². The molecular formula is C56H76Br2O4S2. The summed E-state index contributed by atoms with van der Waals surface area (Å²) in [6, 6.07) is 18.3. The fraction of sp³-hybridized carbons (Fsp3) is 0.571. The molecule has 6 rings (SSSR count). The maximum Gasteiger partial charge on any atom is 0.169 e. The van der Waals surface area contributed by atoms with Gasteiger partial charge in [-0.05, 0) is 141 Å². The second kappa shape index (κ2) is 25.6. The summed E-state index contributed by atoms with van der Waals surface area (Å²) >= 11 is 11.1. The monoisotopic (exact) mass is 1030 g/mol. The van der Waals surface area contributed by atoms with E-state index >= 15 is 0 Å². The van der Waals surface area contributed by atoms with Crippen molar-refractivity contribution >= 4 is 86.9 Å². The molecule has 4 aromatic carbocycles. The van der Waals surface area contributed by atoms with E-state index in [-0.39, 0.29) is 0 Å². The Balaban J connectivity index is 1.75. The van der Waals surface area contributed by atoms with Crippen molar-refractivity contribution in [3.8, 4) is 43.9 Å². The van der Waals surface area contributed by atoms with Gasteiger partial charge in [0.1, 0.15) is 0 Å². The third kappa shape index (κ3) is 12.5. The average Bonchev–Trinajstić information content (AvgIpc) is 3.96. The Labute approximate surface area is 411 Å². The van der Waals surface area contributed by atoms with E-state index in [4.69, 9.17) is 18.9 Å². The minimum absolute atomic E-state index is 0.452. The summed E-state index contributed by atoms with van der Waals surface area (Å²) in [5.41, 5.74) is 2.30. The molecule has 0 amide bonds. The molecule has 0 fully saturated rings. The van der Waals surface area contributed by atoms with Gasteiger partial charge in [-0.2, -0.15) is 0 Å². The fourth-order valence-corrected chi connectivity index (χ4v) is 12.0. The lowest BCUT2D eigenvalue weighted by molar-refractivity contribution is 0.202. The van der Waals surface area contributed by atoms with E-state index < -0.39 is 0 Å². The topological polar surface area (TPSA) is 36.9 Å². The summed E-state index contributed by atoms with van der Waals surface area (Å²) < 4.78 is 31.6. The van der Waals surface area contributed by atoms with Gasteiger partial charge in [-0.3, -0.25) is 0 Å². The quantitative estimate of drug-likeness (QED) is 0.0421. The van der Waals surface area contributed by atoms with Crippen LogP contribution in [0.5, 0.6) is 23.0 Å². The SMILES string of the molecule is CCCCC(CC)COc1c(OCC(CC)CCCC)c2cc(-c3ccc(Br)s3)cc3c(OCC(CC)CCCC)c(OCC(CC)CCCC)c4cc(-c5ccc(Br)s5)cc1c4c23. The van der Waals surface area contributed by atoms with Crippen molar-refractivity contribution in [3.63, 3.8) is 0 Å². The molecule has 6 aromatic rings. The van der Waals surface area contributed by atoms with Gasteiger partial charge in [-0.25, -0.2) is 0 Å². The van der Waals surface area contributed by atoms with Gasteiger partial charge in [0, 0.05) is 42.1 Å². The summed E-state index contributed by atoms with van der Waals surface area (Å²) in [6.45, 7) is 21.0. The predicted octanol–water partition coefficient (Wildman–Crippen LogP) is 19.9. The molecule has 0 saturated carbocycles. The number of rotatable bonds is 30. The summed E-state index contributed by atoms with van der Waals surface area (Å²) in [6.07, 6.45) is 18.4. The van der Waals surface area contributed by atoms with Crippen LogP contribution < -0.4 is 18.9 Å². The fourth-order valence-electron chi connectivity index (χ4n) is 9.22. The lowest BCUT2D eigenvalue weighted by Gasteiger charge is -2.27. The molecule has 350 valence electrons. The first-order chi connectivity index (χ1) is 31.2. The van der Waals surface area contributed by atoms with Crippen molar-refractivity contribution in [1.29, 1.82) is 0 Å². The zero-order valence-corrected chi connectivity index (χ0v) is 45.1. The van der Waals surface area contributed by atoms with Crippen LogP contribution in [0.3, 0.4) is 0 Å². The Morgan fingerprint density at radius 1 is 0.406 bits per heavy atom. The van der Waals surface area contributed by atoms with E-state index in [9.17, 15) is 0 Å². The number of hydrogen-bond donors (Lipinski definition) is 0. The van der Waals surface area contributed by atoms with Crippen molar-refractivity contribution in [2.45, 2.75) is 158 Å². The Bertz CT molecular complexity index is 2050. The minimum Gasteiger partial charge on any atom is -0.489 e. The van der Waals surface area contributed by atoms with Gasteiger partial charge in [0.15, 0.2) is 23.0 Å². The number of ether oxygens (including phenoxy) is 4. The largest absolute Gasteiger partial charge is 0.489 e. The predicted molar refractivity (Wildman–Crippen MR) is 287 cm³/mol. The molecule has 0 N–H and O–H groups in total. The highest BCUT2D eigenvalue weighted by Crippen LogP contribution is 2.56. The van der Waals surface area contributed by atoms with Crippen molar-refractivity contribution < 1.29 is 18.9 Å². The minimum atomic E-state index is 0.452. The van der Waals surface area contributed by atoms with Crippen LogP contribution in [0.15, 0.2) is 56.1 Å². The van der Waals surface area contributed by atoms with E-state index in [1.54, 1.807) is 22.7 Å². The maximum absolute atomic E-state index is 7.35. The Morgan fingerprint density at radius 2 is 0.672 bits per heavy atom. The smallest absolute Gasteiger partial charge is 0.169 e. The zero-order valence-electron chi connectivity index (χ0n) is 40.3. The summed E-state index contributed by atoms with van der Waals surface area (Å²) in [4.78, 5) is 2.40. The van der Waals surface area contributed by atoms with Gasteiger partial charge in [-0.1, -0.05) is 132 Å². The molecule has 64 heavy (non-hydrogen) atoms. The molecule has 8 heteroatoms. The van der Waals surface area contributed by atoms with Crippen LogP contribution in [0, 0.1) is 23.7 Å². The number of benzene rings is 4. The average molecular weight is 1040 g/mol. The molecule has 4 nitrogen and oxygen atoms in total. The first kappa shape index (κ1) is 50.9. The number of thiophene rings is 2. The normalized spacial score (nSPS) is 13.8. The number of halogens is 2.